The van der Waals surface area contributed by atoms with Crippen LogP contribution in [-0.4, -0.2) is 49.2 Å². The van der Waals surface area contributed by atoms with Crippen LogP contribution in [0.1, 0.15) is 47.7 Å². The van der Waals surface area contributed by atoms with Gasteiger partial charge in [0.1, 0.15) is 0 Å². The highest BCUT2D eigenvalue weighted by molar-refractivity contribution is 5.91. The number of nitrogens with zero attached hydrogens (tertiary/aromatic N) is 1. The summed E-state index contributed by atoms with van der Waals surface area (Å²) in [4.78, 5) is 14.3. The first-order valence-corrected chi connectivity index (χ1v) is 10.3. The Kier molecular flexibility index (Phi) is 7.36. The second kappa shape index (κ2) is 10.2. The quantitative estimate of drug-likeness (QED) is 0.402. The van der Waals surface area contributed by atoms with Crippen LogP contribution in [0.25, 0.3) is 11.1 Å². The number of rotatable bonds is 7. The standard InChI is InChI=1S/C24H29N3O3/c1-3-23(26)27-9-7-22(8-10-27)30-16-18-12-20(14-21(13-18)24(28)29-2)19-6-4-5-17(11-19)15-25/h4-6,11-15,22,25-26H,3,7-10,16H2,1-2H3. The highest BCUT2D eigenvalue weighted by Gasteiger charge is 2.21. The number of hydrogen-bond donors (Lipinski definition) is 2. The fourth-order valence-corrected chi connectivity index (χ4v) is 3.72. The molecule has 2 aromatic carbocycles. The normalized spacial score (nSPS) is 14.4. The molecule has 1 saturated heterocycles. The lowest BCUT2D eigenvalue weighted by atomic mass is 9.98. The second-order valence-electron chi connectivity index (χ2n) is 7.48. The Morgan fingerprint density at radius 2 is 1.93 bits per heavy atom. The third-order valence-electron chi connectivity index (χ3n) is 5.44. The highest BCUT2D eigenvalue weighted by Crippen LogP contribution is 2.25. The maximum Gasteiger partial charge on any atom is 0.337 e. The molecule has 0 radical (unpaired) electrons. The Balaban J connectivity index is 1.75. The van der Waals surface area contributed by atoms with Crippen molar-refractivity contribution in [2.75, 3.05) is 20.2 Å². The number of carbonyl (C=O) groups excluding carboxylic acids is 1. The van der Waals surface area contributed by atoms with Crippen LogP contribution >= 0.6 is 0 Å². The SMILES string of the molecule is CCC(=N)N1CCC(OCc2cc(C(=O)OC)cc(-c3cccc(C=N)c3)c2)CC1. The lowest BCUT2D eigenvalue weighted by Crippen LogP contribution is -2.40. The Labute approximate surface area is 177 Å². The molecule has 0 unspecified atom stereocenters. The van der Waals surface area contributed by atoms with Crippen LogP contribution < -0.4 is 0 Å². The van der Waals surface area contributed by atoms with E-state index in [1.807, 2.05) is 49.4 Å². The molecule has 2 aromatic rings. The number of benzene rings is 2. The maximum absolute atomic E-state index is 12.2. The summed E-state index contributed by atoms with van der Waals surface area (Å²) in [5.41, 5.74) is 4.04. The van der Waals surface area contributed by atoms with E-state index in [-0.39, 0.29) is 12.1 Å². The zero-order valence-electron chi connectivity index (χ0n) is 17.6. The summed E-state index contributed by atoms with van der Waals surface area (Å²) >= 11 is 0. The summed E-state index contributed by atoms with van der Waals surface area (Å²) in [5, 5.41) is 15.5. The van der Waals surface area contributed by atoms with E-state index in [0.717, 1.165) is 54.6 Å². The van der Waals surface area contributed by atoms with E-state index in [2.05, 4.69) is 4.90 Å². The smallest absolute Gasteiger partial charge is 0.337 e. The van der Waals surface area contributed by atoms with Crippen LogP contribution in [0.15, 0.2) is 42.5 Å². The number of esters is 1. The predicted molar refractivity (Wildman–Crippen MR) is 119 cm³/mol. The third-order valence-corrected chi connectivity index (χ3v) is 5.44. The van der Waals surface area contributed by atoms with Crippen molar-refractivity contribution >= 4 is 18.0 Å². The molecule has 1 aliphatic rings. The van der Waals surface area contributed by atoms with Gasteiger partial charge >= 0.3 is 5.97 Å². The summed E-state index contributed by atoms with van der Waals surface area (Å²) in [6, 6.07) is 13.3. The van der Waals surface area contributed by atoms with Crippen molar-refractivity contribution in [1.29, 1.82) is 10.8 Å². The van der Waals surface area contributed by atoms with Crippen LogP contribution in [0.5, 0.6) is 0 Å². The fourth-order valence-electron chi connectivity index (χ4n) is 3.72. The van der Waals surface area contributed by atoms with E-state index < -0.39 is 0 Å². The summed E-state index contributed by atoms with van der Waals surface area (Å²) < 4.78 is 11.1. The van der Waals surface area contributed by atoms with Crippen molar-refractivity contribution in [2.45, 2.75) is 38.9 Å². The minimum Gasteiger partial charge on any atom is -0.465 e. The Bertz CT molecular complexity index is 918. The second-order valence-corrected chi connectivity index (χ2v) is 7.48. The van der Waals surface area contributed by atoms with E-state index in [1.54, 1.807) is 0 Å². The number of nitrogens with one attached hydrogen (secondary N) is 2. The maximum atomic E-state index is 12.2. The van der Waals surface area contributed by atoms with Crippen molar-refractivity contribution in [3.63, 3.8) is 0 Å². The van der Waals surface area contributed by atoms with Gasteiger partial charge in [0.2, 0.25) is 0 Å². The van der Waals surface area contributed by atoms with Gasteiger partial charge < -0.3 is 19.8 Å². The zero-order chi connectivity index (χ0) is 21.5. The van der Waals surface area contributed by atoms with Gasteiger partial charge in [0.15, 0.2) is 0 Å². The topological polar surface area (TPSA) is 86.5 Å². The van der Waals surface area contributed by atoms with Gasteiger partial charge in [-0.25, -0.2) is 4.79 Å². The van der Waals surface area contributed by atoms with Gasteiger partial charge in [-0.3, -0.25) is 5.41 Å². The van der Waals surface area contributed by atoms with Gasteiger partial charge in [-0.15, -0.1) is 0 Å². The first kappa shape index (κ1) is 21.7. The zero-order valence-corrected chi connectivity index (χ0v) is 17.6. The molecule has 158 valence electrons. The first-order valence-electron chi connectivity index (χ1n) is 10.3. The summed E-state index contributed by atoms with van der Waals surface area (Å²) in [6.45, 7) is 4.12. The van der Waals surface area contributed by atoms with Crippen LogP contribution in [0.3, 0.4) is 0 Å². The van der Waals surface area contributed by atoms with Crippen LogP contribution in [0.4, 0.5) is 0 Å². The Morgan fingerprint density at radius 1 is 1.17 bits per heavy atom. The molecule has 2 N–H and O–H groups in total. The number of methoxy groups -OCH3 is 1. The average Bonchev–Trinajstić information content (AvgIpc) is 2.81. The molecule has 0 amide bonds. The van der Waals surface area contributed by atoms with Crippen molar-refractivity contribution in [3.05, 3.63) is 59.2 Å². The summed E-state index contributed by atoms with van der Waals surface area (Å²) in [6.07, 6.45) is 4.01. The number of likely N-dealkylation sites (tertiary alicyclic amines) is 1. The molecule has 0 aromatic heterocycles. The number of piperidine rings is 1. The van der Waals surface area contributed by atoms with Crippen LogP contribution in [0, 0.1) is 10.8 Å². The van der Waals surface area contributed by atoms with Gasteiger partial charge in [0.05, 0.1) is 31.2 Å². The van der Waals surface area contributed by atoms with Gasteiger partial charge in [-0.2, -0.15) is 0 Å². The van der Waals surface area contributed by atoms with Crippen LogP contribution in [0.2, 0.25) is 0 Å². The average molecular weight is 408 g/mol. The minimum atomic E-state index is -0.382. The molecular weight excluding hydrogens is 378 g/mol. The van der Waals surface area contributed by atoms with Crippen molar-refractivity contribution < 1.29 is 14.3 Å². The van der Waals surface area contributed by atoms with E-state index >= 15 is 0 Å². The lowest BCUT2D eigenvalue weighted by Gasteiger charge is -2.33. The largest absolute Gasteiger partial charge is 0.465 e. The van der Waals surface area contributed by atoms with Gasteiger partial charge in [-0.1, -0.05) is 25.1 Å². The molecule has 30 heavy (non-hydrogen) atoms. The molecular formula is C24H29N3O3. The van der Waals surface area contributed by atoms with Crippen LogP contribution in [-0.2, 0) is 16.1 Å². The van der Waals surface area contributed by atoms with Crippen molar-refractivity contribution in [1.82, 2.24) is 4.90 Å². The minimum absolute atomic E-state index is 0.150. The number of amidine groups is 1. The molecule has 0 saturated carbocycles. The molecule has 0 aliphatic carbocycles. The molecule has 1 heterocycles. The molecule has 0 atom stereocenters. The van der Waals surface area contributed by atoms with Gasteiger partial charge in [0, 0.05) is 25.7 Å². The van der Waals surface area contributed by atoms with Crippen molar-refractivity contribution in [2.24, 2.45) is 0 Å². The van der Waals surface area contributed by atoms with Crippen molar-refractivity contribution in [3.8, 4) is 11.1 Å². The molecule has 1 aliphatic heterocycles. The van der Waals surface area contributed by atoms with E-state index in [0.29, 0.717) is 18.0 Å². The fraction of sp³-hybridized carbons (Fsp3) is 0.375. The number of hydrogen-bond acceptors (Lipinski definition) is 5. The first-order chi connectivity index (χ1) is 14.5. The van der Waals surface area contributed by atoms with Gasteiger partial charge in [0.25, 0.3) is 0 Å². The highest BCUT2D eigenvalue weighted by atomic mass is 16.5. The van der Waals surface area contributed by atoms with E-state index in [9.17, 15) is 4.79 Å². The molecule has 0 spiro atoms. The predicted octanol–water partition coefficient (Wildman–Crippen LogP) is 4.51. The number of carbonyl (C=O) groups is 1. The molecule has 6 nitrogen and oxygen atoms in total. The summed E-state index contributed by atoms with van der Waals surface area (Å²) in [7, 11) is 1.38. The van der Waals surface area contributed by atoms with E-state index in [1.165, 1.54) is 13.3 Å². The van der Waals surface area contributed by atoms with E-state index in [4.69, 9.17) is 20.3 Å². The molecule has 6 heteroatoms. The summed E-state index contributed by atoms with van der Waals surface area (Å²) in [5.74, 6) is 0.309. The molecule has 0 bridgehead atoms. The third kappa shape index (κ3) is 5.33. The Hall–Kier alpha value is -2.99. The monoisotopic (exact) mass is 407 g/mol. The Morgan fingerprint density at radius 3 is 2.60 bits per heavy atom. The molecule has 3 rings (SSSR count). The molecule has 1 fully saturated rings. The number of ether oxygens (including phenoxy) is 2. The lowest BCUT2D eigenvalue weighted by molar-refractivity contribution is 0.00803. The van der Waals surface area contributed by atoms with Gasteiger partial charge in [-0.05, 0) is 59.4 Å².